The van der Waals surface area contributed by atoms with Crippen LogP contribution >= 0.6 is 0 Å². The van der Waals surface area contributed by atoms with Gasteiger partial charge >= 0.3 is 0 Å². The molecule has 10 heteroatoms. The van der Waals surface area contributed by atoms with E-state index in [1.165, 1.54) is 16.9 Å². The lowest BCUT2D eigenvalue weighted by Crippen LogP contribution is -2.39. The van der Waals surface area contributed by atoms with E-state index in [1.807, 2.05) is 37.3 Å². The van der Waals surface area contributed by atoms with Crippen molar-refractivity contribution in [3.05, 3.63) is 111 Å². The Labute approximate surface area is 211 Å². The van der Waals surface area contributed by atoms with Crippen LogP contribution in [-0.4, -0.2) is 29.1 Å². The maximum atomic E-state index is 14.0. The van der Waals surface area contributed by atoms with Gasteiger partial charge in [-0.1, -0.05) is 48.6 Å². The first-order valence-electron chi connectivity index (χ1n) is 11.7. The van der Waals surface area contributed by atoms with Gasteiger partial charge in [-0.3, -0.25) is 19.1 Å². The molecule has 1 aliphatic rings. The van der Waals surface area contributed by atoms with Crippen molar-refractivity contribution in [3.63, 3.8) is 0 Å². The first-order chi connectivity index (χ1) is 17.8. The quantitative estimate of drug-likeness (QED) is 0.444. The van der Waals surface area contributed by atoms with E-state index in [4.69, 9.17) is 4.74 Å². The van der Waals surface area contributed by atoms with E-state index in [-0.39, 0.29) is 48.3 Å². The Hall–Kier alpha value is -4.47. The van der Waals surface area contributed by atoms with E-state index >= 15 is 0 Å². The van der Waals surface area contributed by atoms with Crippen LogP contribution in [0.3, 0.4) is 0 Å². The number of benzene rings is 2. The molecule has 0 fully saturated rings. The Bertz CT molecular complexity index is 1390. The Morgan fingerprint density at radius 3 is 2.68 bits per heavy atom. The molecule has 37 heavy (non-hydrogen) atoms. The van der Waals surface area contributed by atoms with Crippen LogP contribution in [0.4, 0.5) is 8.78 Å². The van der Waals surface area contributed by atoms with Crippen LogP contribution in [0, 0.1) is 11.6 Å². The van der Waals surface area contributed by atoms with Crippen LogP contribution in [0.5, 0.6) is 5.75 Å². The maximum Gasteiger partial charge on any atom is 0.274 e. The lowest BCUT2D eigenvalue weighted by molar-refractivity contribution is 0.0928. The fourth-order valence-corrected chi connectivity index (χ4v) is 3.78. The van der Waals surface area contributed by atoms with Crippen LogP contribution in [0.25, 0.3) is 0 Å². The molecular formula is C27H26F2N4O4. The Kier molecular flexibility index (Phi) is 7.97. The van der Waals surface area contributed by atoms with Gasteiger partial charge in [-0.05, 0) is 25.0 Å². The van der Waals surface area contributed by atoms with Crippen molar-refractivity contribution in [3.8, 4) is 5.75 Å². The Balaban J connectivity index is 1.72. The van der Waals surface area contributed by atoms with Gasteiger partial charge in [-0.15, -0.1) is 0 Å². The first-order valence-corrected chi connectivity index (χ1v) is 11.7. The zero-order valence-electron chi connectivity index (χ0n) is 20.1. The largest absolute Gasteiger partial charge is 0.482 e. The number of hydrogen-bond acceptors (Lipinski definition) is 5. The average molecular weight is 509 g/mol. The summed E-state index contributed by atoms with van der Waals surface area (Å²) in [6.07, 6.45) is 5.56. The number of amides is 2. The molecule has 0 unspecified atom stereocenters. The van der Waals surface area contributed by atoms with Crippen molar-refractivity contribution in [2.75, 3.05) is 12.0 Å². The molecule has 0 bridgehead atoms. The summed E-state index contributed by atoms with van der Waals surface area (Å²) in [6, 6.07) is 11.9. The van der Waals surface area contributed by atoms with Gasteiger partial charge in [0, 0.05) is 37.0 Å². The molecule has 0 spiro atoms. The molecule has 0 radical (unpaired) electrons. The number of nitrogens with zero attached hydrogens (tertiary/aromatic N) is 1. The molecule has 3 aromatic rings. The van der Waals surface area contributed by atoms with Gasteiger partial charge < -0.3 is 20.8 Å². The summed E-state index contributed by atoms with van der Waals surface area (Å²) < 4.78 is 34.4. The number of rotatable bonds is 6. The minimum absolute atomic E-state index is 0.0162. The topological polar surface area (TPSA) is 101 Å². The van der Waals surface area contributed by atoms with E-state index in [0.717, 1.165) is 11.6 Å². The van der Waals surface area contributed by atoms with Crippen molar-refractivity contribution in [1.82, 2.24) is 15.3 Å². The molecule has 3 N–H and O–H groups in total. The molecule has 1 aromatic heterocycles. The average Bonchev–Trinajstić information content (AvgIpc) is 2.88. The second-order valence-corrected chi connectivity index (χ2v) is 8.56. The van der Waals surface area contributed by atoms with Crippen LogP contribution in [0.2, 0.25) is 0 Å². The summed E-state index contributed by atoms with van der Waals surface area (Å²) in [6.45, 7) is 1.84. The second-order valence-electron chi connectivity index (χ2n) is 8.56. The monoisotopic (exact) mass is 508 g/mol. The molecule has 8 nitrogen and oxygen atoms in total. The fraction of sp³-hybridized carbons (Fsp3) is 0.222. The Morgan fingerprint density at radius 1 is 1.14 bits per heavy atom. The van der Waals surface area contributed by atoms with Gasteiger partial charge in [0.25, 0.3) is 11.8 Å². The number of hydrogen-bond donors (Lipinski definition) is 3. The maximum absolute atomic E-state index is 14.0. The fourth-order valence-electron chi connectivity index (χ4n) is 3.78. The van der Waals surface area contributed by atoms with Crippen LogP contribution in [0.15, 0.2) is 71.7 Å². The van der Waals surface area contributed by atoms with Gasteiger partial charge in [-0.25, -0.2) is 8.78 Å². The highest BCUT2D eigenvalue weighted by atomic mass is 19.1. The Morgan fingerprint density at radius 2 is 1.92 bits per heavy atom. The number of fused-ring (bicyclic) bond motifs is 1. The van der Waals surface area contributed by atoms with Gasteiger partial charge in [0.1, 0.15) is 23.8 Å². The normalized spacial score (nSPS) is 16.1. The van der Waals surface area contributed by atoms with Crippen molar-refractivity contribution in [2.24, 2.45) is 0 Å². The van der Waals surface area contributed by atoms with Crippen molar-refractivity contribution < 1.29 is 23.1 Å². The number of aromatic nitrogens is 1. The van der Waals surface area contributed by atoms with E-state index < -0.39 is 28.9 Å². The molecule has 0 saturated heterocycles. The van der Waals surface area contributed by atoms with Crippen molar-refractivity contribution in [2.45, 2.75) is 32.5 Å². The minimum Gasteiger partial charge on any atom is -0.482 e. The third kappa shape index (κ3) is 6.21. The van der Waals surface area contributed by atoms with Gasteiger partial charge in [0.2, 0.25) is 5.43 Å². The van der Waals surface area contributed by atoms with E-state index in [0.29, 0.717) is 12.5 Å². The third-order valence-corrected chi connectivity index (χ3v) is 5.70. The van der Waals surface area contributed by atoms with Crippen LogP contribution < -0.4 is 26.2 Å². The standard InChI is InChI=1S/C27H26F2N4O4/c1-17-7-5-6-12-30-27(36)23-25(37-16-18-8-3-2-4-9-18)24(34)21(15-33(23)32-17)26(35)31-14-19-10-11-20(28)13-22(19)29/h2-6,8-11,13,15,17,32H,7,12,14,16H2,1H3,(H,30,36)(H,31,35)/b6-5-/t17-/m0/s1. The number of nitrogens with one attached hydrogen (secondary N) is 3. The van der Waals surface area contributed by atoms with Gasteiger partial charge in [0.15, 0.2) is 11.4 Å². The summed E-state index contributed by atoms with van der Waals surface area (Å²) in [4.78, 5) is 39.6. The molecule has 1 atom stereocenters. The number of pyridine rings is 1. The van der Waals surface area contributed by atoms with Gasteiger partial charge in [0.05, 0.1) is 0 Å². The first kappa shape index (κ1) is 25.6. The van der Waals surface area contributed by atoms with E-state index in [1.54, 1.807) is 12.1 Å². The predicted molar refractivity (Wildman–Crippen MR) is 134 cm³/mol. The van der Waals surface area contributed by atoms with Crippen LogP contribution in [0.1, 0.15) is 45.3 Å². The molecule has 2 aromatic carbocycles. The number of halogens is 2. The minimum atomic E-state index is -0.824. The molecule has 0 aliphatic carbocycles. The zero-order valence-corrected chi connectivity index (χ0v) is 20.1. The molecule has 1 aliphatic heterocycles. The van der Waals surface area contributed by atoms with Crippen LogP contribution in [-0.2, 0) is 13.2 Å². The number of carbonyl (C=O) groups excluding carboxylic acids is 2. The SMILES string of the molecule is C[C@H]1C/C=C\CNC(=O)c2c(OCc3ccccc3)c(=O)c(C(=O)NCc3ccc(F)cc3F)cn2N1. The smallest absolute Gasteiger partial charge is 0.274 e. The zero-order chi connectivity index (χ0) is 26.4. The molecular weight excluding hydrogens is 482 g/mol. The molecule has 2 heterocycles. The molecule has 2 amide bonds. The summed E-state index contributed by atoms with van der Waals surface area (Å²) in [5.74, 6) is -3.24. The van der Waals surface area contributed by atoms with E-state index in [9.17, 15) is 23.2 Å². The lowest BCUT2D eigenvalue weighted by Gasteiger charge is -2.23. The molecule has 0 saturated carbocycles. The summed E-state index contributed by atoms with van der Waals surface area (Å²) in [5, 5.41) is 5.20. The van der Waals surface area contributed by atoms with E-state index in [2.05, 4.69) is 16.1 Å². The van der Waals surface area contributed by atoms with Crippen molar-refractivity contribution >= 4 is 11.8 Å². The summed E-state index contributed by atoms with van der Waals surface area (Å²) in [5.41, 5.74) is 2.73. The highest BCUT2D eigenvalue weighted by Crippen LogP contribution is 2.18. The predicted octanol–water partition coefficient (Wildman–Crippen LogP) is 3.26. The van der Waals surface area contributed by atoms with Gasteiger partial charge in [-0.2, -0.15) is 0 Å². The number of carbonyl (C=O) groups is 2. The number of ether oxygens (including phenoxy) is 1. The second kappa shape index (κ2) is 11.5. The summed E-state index contributed by atoms with van der Waals surface area (Å²) >= 11 is 0. The molecule has 192 valence electrons. The highest BCUT2D eigenvalue weighted by Gasteiger charge is 2.27. The lowest BCUT2D eigenvalue weighted by atomic mass is 10.1. The summed E-state index contributed by atoms with van der Waals surface area (Å²) in [7, 11) is 0. The highest BCUT2D eigenvalue weighted by molar-refractivity contribution is 5.98. The molecule has 4 rings (SSSR count). The van der Waals surface area contributed by atoms with Crippen molar-refractivity contribution in [1.29, 1.82) is 0 Å². The third-order valence-electron chi connectivity index (χ3n) is 5.70.